The highest BCUT2D eigenvalue weighted by Crippen LogP contribution is 2.35. The van der Waals surface area contributed by atoms with Crippen LogP contribution in [0.3, 0.4) is 0 Å². The fourth-order valence-electron chi connectivity index (χ4n) is 0.903. The van der Waals surface area contributed by atoms with E-state index < -0.39 is 28.2 Å². The van der Waals surface area contributed by atoms with Gasteiger partial charge in [-0.15, -0.1) is 0 Å². The number of alkyl halides is 3. The van der Waals surface area contributed by atoms with E-state index in [0.29, 0.717) is 12.3 Å². The molecule has 0 bridgehead atoms. The number of nitro groups is 1. The first-order valence-electron chi connectivity index (χ1n) is 3.62. The highest BCUT2D eigenvalue weighted by atomic mass is 19.4. The van der Waals surface area contributed by atoms with Gasteiger partial charge in [0, 0.05) is 0 Å². The molecule has 0 spiro atoms. The van der Waals surface area contributed by atoms with Gasteiger partial charge in [-0.25, -0.2) is 4.98 Å². The molecule has 0 aliphatic carbocycles. The summed E-state index contributed by atoms with van der Waals surface area (Å²) in [5.74, 6) is -0.670. The first-order valence-corrected chi connectivity index (χ1v) is 3.62. The lowest BCUT2D eigenvalue weighted by molar-refractivity contribution is -0.385. The Labute approximate surface area is 81.6 Å². The summed E-state index contributed by atoms with van der Waals surface area (Å²) in [5, 5.41) is 10.3. The summed E-state index contributed by atoms with van der Waals surface area (Å²) in [6.07, 6.45) is -4.16. The third-order valence-corrected chi connectivity index (χ3v) is 1.54. The van der Waals surface area contributed by atoms with Gasteiger partial charge in [0.1, 0.15) is 6.20 Å². The second-order valence-corrected chi connectivity index (χ2v) is 2.50. The van der Waals surface area contributed by atoms with E-state index in [-0.39, 0.29) is 0 Å². The van der Waals surface area contributed by atoms with E-state index in [1.807, 2.05) is 0 Å². The van der Waals surface area contributed by atoms with E-state index in [2.05, 4.69) is 9.72 Å². The zero-order chi connectivity index (χ0) is 11.6. The van der Waals surface area contributed by atoms with Gasteiger partial charge in [-0.1, -0.05) is 0 Å². The molecule has 8 heteroatoms. The zero-order valence-electron chi connectivity index (χ0n) is 7.41. The van der Waals surface area contributed by atoms with Gasteiger partial charge in [-0.05, 0) is 0 Å². The monoisotopic (exact) mass is 222 g/mol. The molecule has 5 nitrogen and oxygen atoms in total. The van der Waals surface area contributed by atoms with Crippen LogP contribution in [0.1, 0.15) is 5.69 Å². The van der Waals surface area contributed by atoms with Crippen molar-refractivity contribution in [1.29, 1.82) is 0 Å². The molecule has 82 valence electrons. The van der Waals surface area contributed by atoms with Gasteiger partial charge in [-0.2, -0.15) is 13.2 Å². The molecule has 1 rings (SSSR count). The number of methoxy groups -OCH3 is 1. The van der Waals surface area contributed by atoms with Crippen LogP contribution in [0.2, 0.25) is 0 Å². The SMILES string of the molecule is COc1cc([N+](=O)[O-])cnc1C(F)(F)F. The molecule has 0 N–H and O–H groups in total. The fourth-order valence-corrected chi connectivity index (χ4v) is 0.903. The van der Waals surface area contributed by atoms with Crippen molar-refractivity contribution in [3.8, 4) is 5.75 Å². The first kappa shape index (κ1) is 11.2. The maximum absolute atomic E-state index is 12.3. The van der Waals surface area contributed by atoms with E-state index in [4.69, 9.17) is 0 Å². The van der Waals surface area contributed by atoms with Gasteiger partial charge < -0.3 is 4.74 Å². The Kier molecular flexibility index (Phi) is 2.78. The molecule has 0 radical (unpaired) electrons. The first-order chi connectivity index (χ1) is 6.86. The standard InChI is InChI=1S/C7H5F3N2O3/c1-15-5-2-4(12(13)14)3-11-6(5)7(8,9)10/h2-3H,1H3. The Morgan fingerprint density at radius 3 is 2.53 bits per heavy atom. The molecule has 0 saturated carbocycles. The minimum atomic E-state index is -4.69. The fraction of sp³-hybridized carbons (Fsp3) is 0.286. The van der Waals surface area contributed by atoms with Gasteiger partial charge in [0.15, 0.2) is 11.4 Å². The van der Waals surface area contributed by atoms with Crippen molar-refractivity contribution >= 4 is 5.69 Å². The average molecular weight is 222 g/mol. The molecule has 0 saturated heterocycles. The molecule has 0 amide bonds. The largest absolute Gasteiger partial charge is 0.494 e. The van der Waals surface area contributed by atoms with Crippen molar-refractivity contribution in [1.82, 2.24) is 4.98 Å². The lowest BCUT2D eigenvalue weighted by atomic mass is 10.3. The molecule has 1 heterocycles. The second kappa shape index (κ2) is 3.71. The number of pyridine rings is 1. The van der Waals surface area contributed by atoms with Crippen LogP contribution in [0.5, 0.6) is 5.75 Å². The summed E-state index contributed by atoms with van der Waals surface area (Å²) in [6, 6.07) is 0.676. The molecule has 0 aromatic carbocycles. The lowest BCUT2D eigenvalue weighted by Gasteiger charge is -2.09. The molecule has 0 atom stereocenters. The smallest absolute Gasteiger partial charge is 0.437 e. The predicted molar refractivity (Wildman–Crippen MR) is 42.4 cm³/mol. The molecule has 0 fully saturated rings. The van der Waals surface area contributed by atoms with Gasteiger partial charge in [0.25, 0.3) is 5.69 Å². The highest BCUT2D eigenvalue weighted by Gasteiger charge is 2.37. The van der Waals surface area contributed by atoms with Gasteiger partial charge in [0.2, 0.25) is 0 Å². The highest BCUT2D eigenvalue weighted by molar-refractivity contribution is 5.40. The van der Waals surface area contributed by atoms with E-state index in [0.717, 1.165) is 7.11 Å². The number of ether oxygens (including phenoxy) is 1. The van der Waals surface area contributed by atoms with Crippen molar-refractivity contribution in [3.63, 3.8) is 0 Å². The topological polar surface area (TPSA) is 65.3 Å². The molecule has 1 aromatic heterocycles. The maximum Gasteiger partial charge on any atom is 0.437 e. The Morgan fingerprint density at radius 2 is 2.13 bits per heavy atom. The molecular weight excluding hydrogens is 217 g/mol. The van der Waals surface area contributed by atoms with Gasteiger partial charge in [0.05, 0.1) is 18.1 Å². The van der Waals surface area contributed by atoms with E-state index in [1.54, 1.807) is 0 Å². The van der Waals surface area contributed by atoms with Gasteiger partial charge in [-0.3, -0.25) is 10.1 Å². The number of rotatable bonds is 2. The summed E-state index contributed by atoms with van der Waals surface area (Å²) in [5.41, 5.74) is -1.84. The molecular formula is C7H5F3N2O3. The number of nitrogens with zero attached hydrogens (tertiary/aromatic N) is 2. The van der Waals surface area contributed by atoms with Crippen LogP contribution < -0.4 is 4.74 Å². The van der Waals surface area contributed by atoms with Crippen molar-refractivity contribution in [2.75, 3.05) is 7.11 Å². The van der Waals surface area contributed by atoms with E-state index in [9.17, 15) is 23.3 Å². The zero-order valence-corrected chi connectivity index (χ0v) is 7.41. The van der Waals surface area contributed by atoms with Crippen molar-refractivity contribution in [3.05, 3.63) is 28.1 Å². The van der Waals surface area contributed by atoms with Crippen LogP contribution >= 0.6 is 0 Å². The number of aromatic nitrogens is 1. The Hall–Kier alpha value is -1.86. The average Bonchev–Trinajstić information content (AvgIpc) is 2.15. The number of hydrogen-bond donors (Lipinski definition) is 0. The molecule has 0 unspecified atom stereocenters. The molecule has 15 heavy (non-hydrogen) atoms. The Morgan fingerprint density at radius 1 is 1.53 bits per heavy atom. The summed E-state index contributed by atoms with van der Waals surface area (Å²) in [4.78, 5) is 12.4. The molecule has 1 aromatic rings. The van der Waals surface area contributed by atoms with Crippen LogP contribution in [0.25, 0.3) is 0 Å². The lowest BCUT2D eigenvalue weighted by Crippen LogP contribution is -2.10. The summed E-state index contributed by atoms with van der Waals surface area (Å²) in [6.45, 7) is 0. The minimum Gasteiger partial charge on any atom is -0.494 e. The Bertz CT molecular complexity index is 392. The third kappa shape index (κ3) is 2.33. The van der Waals surface area contributed by atoms with Crippen molar-refractivity contribution in [2.45, 2.75) is 6.18 Å². The number of halogens is 3. The maximum atomic E-state index is 12.3. The van der Waals surface area contributed by atoms with Crippen LogP contribution in [-0.4, -0.2) is 17.0 Å². The third-order valence-electron chi connectivity index (χ3n) is 1.54. The van der Waals surface area contributed by atoms with Crippen molar-refractivity contribution < 1.29 is 22.8 Å². The summed E-state index contributed by atoms with van der Waals surface area (Å²) < 4.78 is 41.1. The van der Waals surface area contributed by atoms with E-state index in [1.165, 1.54) is 0 Å². The quantitative estimate of drug-likeness (QED) is 0.567. The predicted octanol–water partition coefficient (Wildman–Crippen LogP) is 2.02. The second-order valence-electron chi connectivity index (χ2n) is 2.50. The van der Waals surface area contributed by atoms with Crippen LogP contribution in [0.15, 0.2) is 12.3 Å². The van der Waals surface area contributed by atoms with Crippen LogP contribution in [-0.2, 0) is 6.18 Å². The van der Waals surface area contributed by atoms with Gasteiger partial charge >= 0.3 is 6.18 Å². The normalized spacial score (nSPS) is 11.2. The van der Waals surface area contributed by atoms with Crippen LogP contribution in [0.4, 0.5) is 18.9 Å². The number of hydrogen-bond acceptors (Lipinski definition) is 4. The molecule has 0 aliphatic rings. The van der Waals surface area contributed by atoms with E-state index >= 15 is 0 Å². The van der Waals surface area contributed by atoms with Crippen LogP contribution in [0, 0.1) is 10.1 Å². The summed E-state index contributed by atoms with van der Waals surface area (Å²) in [7, 11) is 0.982. The van der Waals surface area contributed by atoms with Crippen molar-refractivity contribution in [2.24, 2.45) is 0 Å². The Balaban J connectivity index is 3.27. The summed E-state index contributed by atoms with van der Waals surface area (Å²) >= 11 is 0. The minimum absolute atomic E-state index is 0.533. The molecule has 0 aliphatic heterocycles.